The highest BCUT2D eigenvalue weighted by Gasteiger charge is 2.03. The summed E-state index contributed by atoms with van der Waals surface area (Å²) in [6, 6.07) is 0. The normalized spacial score (nSPS) is 15.2. The Kier molecular flexibility index (Phi) is 3.57. The Bertz CT molecular complexity index is 189. The van der Waals surface area contributed by atoms with E-state index in [-0.39, 0.29) is 0 Å². The fourth-order valence-electron chi connectivity index (χ4n) is 1.01. The molecule has 0 aromatic rings. The molecule has 1 aliphatic rings. The summed E-state index contributed by atoms with van der Waals surface area (Å²) in [7, 11) is 0. The number of guanidine groups is 1. The number of nitrogens with one attached hydrogen (secondary N) is 2. The van der Waals surface area contributed by atoms with Crippen LogP contribution in [0.4, 0.5) is 0 Å². The van der Waals surface area contributed by atoms with Crippen molar-refractivity contribution in [2.45, 2.75) is 19.8 Å². The van der Waals surface area contributed by atoms with Crippen molar-refractivity contribution in [3.05, 3.63) is 0 Å². The Morgan fingerprint density at radius 3 is 3.17 bits per heavy atom. The lowest BCUT2D eigenvalue weighted by atomic mass is 10.2. The number of hydrogen-bond donors (Lipinski definition) is 2. The van der Waals surface area contributed by atoms with Gasteiger partial charge in [-0.3, -0.25) is 9.79 Å². The van der Waals surface area contributed by atoms with Crippen LogP contribution in [0.3, 0.4) is 0 Å². The van der Waals surface area contributed by atoms with Crippen molar-refractivity contribution < 1.29 is 4.79 Å². The molecule has 0 radical (unpaired) electrons. The molecule has 1 rings (SSSR count). The number of carbonyl (C=O) groups is 1. The van der Waals surface area contributed by atoms with Crippen molar-refractivity contribution in [3.63, 3.8) is 0 Å². The largest absolute Gasteiger partial charge is 0.356 e. The van der Waals surface area contributed by atoms with Crippen LogP contribution in [0.25, 0.3) is 0 Å². The Morgan fingerprint density at radius 1 is 1.75 bits per heavy atom. The summed E-state index contributed by atoms with van der Waals surface area (Å²) in [5, 5.41) is 6.14. The van der Waals surface area contributed by atoms with Gasteiger partial charge in [0, 0.05) is 25.9 Å². The quantitative estimate of drug-likeness (QED) is 0.618. The molecule has 0 bridgehead atoms. The van der Waals surface area contributed by atoms with Gasteiger partial charge < -0.3 is 10.6 Å². The average molecular weight is 169 g/mol. The predicted molar refractivity (Wildman–Crippen MR) is 48.2 cm³/mol. The maximum absolute atomic E-state index is 10.9. The minimum atomic E-state index is 0.293. The number of rotatable bonds is 4. The lowest BCUT2D eigenvalue weighted by Gasteiger charge is -2.04. The van der Waals surface area contributed by atoms with Gasteiger partial charge in [0.05, 0.1) is 6.54 Å². The molecule has 4 nitrogen and oxygen atoms in total. The average Bonchev–Trinajstić information content (AvgIpc) is 2.57. The third-order valence-corrected chi connectivity index (χ3v) is 1.76. The lowest BCUT2D eigenvalue weighted by Crippen LogP contribution is -2.34. The zero-order valence-corrected chi connectivity index (χ0v) is 7.39. The zero-order chi connectivity index (χ0) is 8.81. The second-order valence-electron chi connectivity index (χ2n) is 2.73. The van der Waals surface area contributed by atoms with Gasteiger partial charge in [-0.1, -0.05) is 6.92 Å². The summed E-state index contributed by atoms with van der Waals surface area (Å²) >= 11 is 0. The van der Waals surface area contributed by atoms with E-state index in [2.05, 4.69) is 15.6 Å². The van der Waals surface area contributed by atoms with Gasteiger partial charge in [-0.25, -0.2) is 0 Å². The first-order valence-electron chi connectivity index (χ1n) is 4.37. The summed E-state index contributed by atoms with van der Waals surface area (Å²) in [5.74, 6) is 1.13. The minimum Gasteiger partial charge on any atom is -0.356 e. The Labute approximate surface area is 72.4 Å². The highest BCUT2D eigenvalue weighted by molar-refractivity contribution is 5.82. The van der Waals surface area contributed by atoms with Crippen molar-refractivity contribution in [1.82, 2.24) is 10.6 Å². The van der Waals surface area contributed by atoms with Gasteiger partial charge in [0.2, 0.25) is 0 Å². The highest BCUT2D eigenvalue weighted by atomic mass is 16.1. The van der Waals surface area contributed by atoms with Crippen LogP contribution in [0, 0.1) is 0 Å². The van der Waals surface area contributed by atoms with Crippen molar-refractivity contribution in [3.8, 4) is 0 Å². The molecule has 12 heavy (non-hydrogen) atoms. The molecular formula is C8H15N3O. The van der Waals surface area contributed by atoms with Crippen LogP contribution in [-0.2, 0) is 4.79 Å². The number of aliphatic imine (C=N–C) groups is 1. The molecule has 0 amide bonds. The fraction of sp³-hybridized carbons (Fsp3) is 0.750. The number of ketones is 1. The summed E-state index contributed by atoms with van der Waals surface area (Å²) in [6.07, 6.45) is 1.22. The van der Waals surface area contributed by atoms with E-state index in [4.69, 9.17) is 0 Å². The first-order valence-corrected chi connectivity index (χ1v) is 4.37. The summed E-state index contributed by atoms with van der Waals surface area (Å²) in [6.45, 7) is 4.32. The second-order valence-corrected chi connectivity index (χ2v) is 2.73. The van der Waals surface area contributed by atoms with Gasteiger partial charge in [-0.15, -0.1) is 0 Å². The summed E-state index contributed by atoms with van der Waals surface area (Å²) in [4.78, 5) is 15.0. The molecule has 0 aliphatic carbocycles. The molecule has 0 fully saturated rings. The molecule has 0 spiro atoms. The van der Waals surface area contributed by atoms with Gasteiger partial charge in [-0.2, -0.15) is 0 Å². The van der Waals surface area contributed by atoms with Gasteiger partial charge in [0.1, 0.15) is 5.78 Å². The van der Waals surface area contributed by atoms with E-state index in [1.54, 1.807) is 0 Å². The Morgan fingerprint density at radius 2 is 2.58 bits per heavy atom. The molecule has 0 atom stereocenters. The van der Waals surface area contributed by atoms with E-state index in [0.717, 1.165) is 19.0 Å². The van der Waals surface area contributed by atoms with Crippen LogP contribution in [0.1, 0.15) is 19.8 Å². The van der Waals surface area contributed by atoms with Gasteiger partial charge >= 0.3 is 0 Å². The van der Waals surface area contributed by atoms with E-state index in [0.29, 0.717) is 25.2 Å². The third kappa shape index (κ3) is 2.90. The summed E-state index contributed by atoms with van der Waals surface area (Å²) < 4.78 is 0. The predicted octanol–water partition coefficient (Wildman–Crippen LogP) is -0.0956. The molecule has 1 heterocycles. The Hall–Kier alpha value is -1.06. The van der Waals surface area contributed by atoms with E-state index in [1.165, 1.54) is 0 Å². The van der Waals surface area contributed by atoms with Crippen molar-refractivity contribution in [2.75, 3.05) is 19.6 Å². The maximum atomic E-state index is 10.9. The molecule has 1 aliphatic heterocycles. The molecule has 0 aromatic heterocycles. The van der Waals surface area contributed by atoms with Crippen molar-refractivity contribution in [2.24, 2.45) is 4.99 Å². The molecule has 2 N–H and O–H groups in total. The van der Waals surface area contributed by atoms with E-state index >= 15 is 0 Å². The maximum Gasteiger partial charge on any atom is 0.191 e. The molecule has 0 unspecified atom stereocenters. The number of Topliss-reactive ketones (excluding diaryl/α,β-unsaturated/α-hetero) is 1. The van der Waals surface area contributed by atoms with Gasteiger partial charge in [-0.05, 0) is 0 Å². The van der Waals surface area contributed by atoms with Crippen LogP contribution in [0.2, 0.25) is 0 Å². The van der Waals surface area contributed by atoms with Crippen LogP contribution < -0.4 is 10.6 Å². The van der Waals surface area contributed by atoms with Crippen LogP contribution in [-0.4, -0.2) is 31.4 Å². The van der Waals surface area contributed by atoms with Crippen LogP contribution in [0.5, 0.6) is 0 Å². The molecule has 0 saturated carbocycles. The third-order valence-electron chi connectivity index (χ3n) is 1.76. The van der Waals surface area contributed by atoms with Gasteiger partial charge in [0.25, 0.3) is 0 Å². The number of hydrogen-bond acceptors (Lipinski definition) is 4. The second kappa shape index (κ2) is 4.74. The van der Waals surface area contributed by atoms with Crippen LogP contribution >= 0.6 is 0 Å². The minimum absolute atomic E-state index is 0.293. The van der Waals surface area contributed by atoms with Crippen molar-refractivity contribution >= 4 is 11.7 Å². The van der Waals surface area contributed by atoms with Crippen molar-refractivity contribution in [1.29, 1.82) is 0 Å². The topological polar surface area (TPSA) is 53.5 Å². The molecule has 0 saturated heterocycles. The Balaban J connectivity index is 2.05. The first-order chi connectivity index (χ1) is 5.83. The lowest BCUT2D eigenvalue weighted by molar-refractivity contribution is -0.118. The van der Waals surface area contributed by atoms with Crippen LogP contribution in [0.15, 0.2) is 4.99 Å². The number of carbonyl (C=O) groups excluding carboxylic acids is 1. The number of nitrogens with zero attached hydrogens (tertiary/aromatic N) is 1. The first kappa shape index (κ1) is 9.03. The molecule has 68 valence electrons. The highest BCUT2D eigenvalue weighted by Crippen LogP contribution is 1.87. The molecule has 0 aromatic carbocycles. The standard InChI is InChI=1S/C8H15N3O/c1-2-7(12)3-4-9-8-10-5-6-11-8/h2-6H2,1H3,(H2,9,10,11). The monoisotopic (exact) mass is 169 g/mol. The fourth-order valence-corrected chi connectivity index (χ4v) is 1.01. The SMILES string of the molecule is CCC(=O)CCNC1=NCCN1. The summed E-state index contributed by atoms with van der Waals surface area (Å²) in [5.41, 5.74) is 0. The van der Waals surface area contributed by atoms with E-state index in [1.807, 2.05) is 6.92 Å². The smallest absolute Gasteiger partial charge is 0.191 e. The molecule has 4 heteroatoms. The molecular weight excluding hydrogens is 154 g/mol. The van der Waals surface area contributed by atoms with E-state index in [9.17, 15) is 4.79 Å². The zero-order valence-electron chi connectivity index (χ0n) is 7.39. The van der Waals surface area contributed by atoms with Gasteiger partial charge in [0.15, 0.2) is 5.96 Å². The van der Waals surface area contributed by atoms with E-state index < -0.39 is 0 Å².